The number of aromatic hydroxyl groups is 1. The average molecular weight is 265 g/mol. The highest BCUT2D eigenvalue weighted by molar-refractivity contribution is 5.52. The van der Waals surface area contributed by atoms with Crippen molar-refractivity contribution >= 4 is 0 Å². The van der Waals surface area contributed by atoms with Gasteiger partial charge in [0.2, 0.25) is 5.75 Å². The summed E-state index contributed by atoms with van der Waals surface area (Å²) in [5, 5.41) is 9.60. The van der Waals surface area contributed by atoms with Gasteiger partial charge in [-0.25, -0.2) is 0 Å². The molecule has 0 aliphatic heterocycles. The summed E-state index contributed by atoms with van der Waals surface area (Å²) in [6.07, 6.45) is -4.89. The maximum absolute atomic E-state index is 12.3. The Labute approximate surface area is 102 Å². The molecule has 3 N–H and O–H groups in total. The van der Waals surface area contributed by atoms with Crippen LogP contribution in [0.15, 0.2) is 12.1 Å². The van der Waals surface area contributed by atoms with E-state index >= 15 is 0 Å². The van der Waals surface area contributed by atoms with Gasteiger partial charge in [0, 0.05) is 0 Å². The second-order valence-electron chi connectivity index (χ2n) is 3.70. The number of halogens is 3. The minimum absolute atomic E-state index is 0.0405. The number of rotatable bonds is 4. The number of ether oxygens (including phenoxy) is 2. The van der Waals surface area contributed by atoms with Crippen molar-refractivity contribution in [2.75, 3.05) is 14.2 Å². The molecule has 0 amide bonds. The van der Waals surface area contributed by atoms with E-state index in [1.54, 1.807) is 0 Å². The maximum Gasteiger partial charge on any atom is 0.403 e. The number of hydrogen-bond acceptors (Lipinski definition) is 4. The molecule has 1 rings (SSSR count). The molecule has 0 saturated carbocycles. The van der Waals surface area contributed by atoms with Crippen LogP contribution in [0.3, 0.4) is 0 Å². The van der Waals surface area contributed by atoms with Crippen LogP contribution >= 0.6 is 0 Å². The van der Waals surface area contributed by atoms with Crippen LogP contribution in [0.25, 0.3) is 0 Å². The van der Waals surface area contributed by atoms with Gasteiger partial charge in [0.15, 0.2) is 11.5 Å². The predicted octanol–water partition coefficient (Wildman–Crippen LogP) is 1.84. The van der Waals surface area contributed by atoms with E-state index in [0.717, 1.165) is 0 Å². The van der Waals surface area contributed by atoms with Crippen molar-refractivity contribution < 1.29 is 27.8 Å². The first kappa shape index (κ1) is 14.4. The molecule has 4 nitrogen and oxygen atoms in total. The molecule has 1 aromatic rings. The van der Waals surface area contributed by atoms with Crippen molar-refractivity contribution in [2.24, 2.45) is 5.73 Å². The number of methoxy groups -OCH3 is 2. The van der Waals surface area contributed by atoms with E-state index in [1.165, 1.54) is 26.4 Å². The minimum atomic E-state index is -4.47. The van der Waals surface area contributed by atoms with Crippen LogP contribution in [-0.4, -0.2) is 31.5 Å². The van der Waals surface area contributed by atoms with E-state index in [4.69, 9.17) is 15.2 Å². The van der Waals surface area contributed by atoms with Crippen LogP contribution in [-0.2, 0) is 6.42 Å². The second-order valence-corrected chi connectivity index (χ2v) is 3.70. The number of nitrogens with two attached hydrogens (primary N) is 1. The normalized spacial score (nSPS) is 13.2. The Hall–Kier alpha value is -1.63. The fraction of sp³-hybridized carbons (Fsp3) is 0.455. The lowest BCUT2D eigenvalue weighted by Gasteiger charge is -2.17. The molecular weight excluding hydrogens is 251 g/mol. The monoisotopic (exact) mass is 265 g/mol. The summed E-state index contributed by atoms with van der Waals surface area (Å²) in [6, 6.07) is 0.615. The molecule has 1 unspecified atom stereocenters. The summed E-state index contributed by atoms with van der Waals surface area (Å²) in [5.41, 5.74) is 5.30. The van der Waals surface area contributed by atoms with Gasteiger partial charge in [-0.15, -0.1) is 0 Å². The molecule has 0 aromatic heterocycles. The third-order valence-corrected chi connectivity index (χ3v) is 2.42. The van der Waals surface area contributed by atoms with Crippen LogP contribution in [0, 0.1) is 0 Å². The van der Waals surface area contributed by atoms with Crippen molar-refractivity contribution in [3.05, 3.63) is 17.7 Å². The Morgan fingerprint density at radius 3 is 2.00 bits per heavy atom. The third-order valence-electron chi connectivity index (χ3n) is 2.42. The number of phenols is 1. The first-order valence-corrected chi connectivity index (χ1v) is 5.05. The van der Waals surface area contributed by atoms with Gasteiger partial charge >= 0.3 is 6.18 Å². The van der Waals surface area contributed by atoms with Gasteiger partial charge in [-0.3, -0.25) is 0 Å². The standard InChI is InChI=1S/C11H14F3NO3/c1-17-7-3-6(4-8(18-2)10(7)16)5-9(15)11(12,13)14/h3-4,9,16H,5,15H2,1-2H3. The molecule has 0 fully saturated rings. The van der Waals surface area contributed by atoms with Crippen LogP contribution < -0.4 is 15.2 Å². The molecule has 1 atom stereocenters. The highest BCUT2D eigenvalue weighted by Crippen LogP contribution is 2.37. The lowest BCUT2D eigenvalue weighted by atomic mass is 10.0. The average Bonchev–Trinajstić information content (AvgIpc) is 2.29. The van der Waals surface area contributed by atoms with Crippen molar-refractivity contribution in [3.63, 3.8) is 0 Å². The zero-order valence-corrected chi connectivity index (χ0v) is 9.91. The smallest absolute Gasteiger partial charge is 0.403 e. The molecule has 102 valence electrons. The number of alkyl halides is 3. The molecule has 0 spiro atoms. The van der Waals surface area contributed by atoms with E-state index in [2.05, 4.69) is 0 Å². The summed E-state index contributed by atoms with van der Waals surface area (Å²) in [5.74, 6) is -0.179. The van der Waals surface area contributed by atoms with Crippen LogP contribution in [0.4, 0.5) is 13.2 Å². The van der Waals surface area contributed by atoms with Gasteiger partial charge in [0.25, 0.3) is 0 Å². The molecule has 0 saturated heterocycles. The highest BCUT2D eigenvalue weighted by Gasteiger charge is 2.36. The first-order chi connectivity index (χ1) is 8.29. The molecule has 0 heterocycles. The van der Waals surface area contributed by atoms with E-state index < -0.39 is 18.6 Å². The van der Waals surface area contributed by atoms with E-state index in [0.29, 0.717) is 0 Å². The topological polar surface area (TPSA) is 64.7 Å². The van der Waals surface area contributed by atoms with Crippen molar-refractivity contribution in [2.45, 2.75) is 18.6 Å². The molecule has 0 radical (unpaired) electrons. The molecule has 1 aromatic carbocycles. The summed E-state index contributed by atoms with van der Waals surface area (Å²) < 4.78 is 46.7. The molecular formula is C11H14F3NO3. The zero-order chi connectivity index (χ0) is 13.9. The summed E-state index contributed by atoms with van der Waals surface area (Å²) in [6.45, 7) is 0. The lowest BCUT2D eigenvalue weighted by Crippen LogP contribution is -2.39. The van der Waals surface area contributed by atoms with Gasteiger partial charge in [-0.05, 0) is 24.1 Å². The number of phenolic OH excluding ortho intramolecular Hbond substituents is 1. The minimum Gasteiger partial charge on any atom is -0.502 e. The van der Waals surface area contributed by atoms with Gasteiger partial charge in [-0.2, -0.15) is 13.2 Å². The first-order valence-electron chi connectivity index (χ1n) is 5.05. The van der Waals surface area contributed by atoms with Crippen LogP contribution in [0.1, 0.15) is 5.56 Å². The molecule has 18 heavy (non-hydrogen) atoms. The van der Waals surface area contributed by atoms with Crippen LogP contribution in [0.2, 0.25) is 0 Å². The zero-order valence-electron chi connectivity index (χ0n) is 9.91. The fourth-order valence-corrected chi connectivity index (χ4v) is 1.44. The molecule has 0 bridgehead atoms. The maximum atomic E-state index is 12.3. The second kappa shape index (κ2) is 5.34. The number of benzene rings is 1. The fourth-order valence-electron chi connectivity index (χ4n) is 1.44. The van der Waals surface area contributed by atoms with Gasteiger partial charge in [0.1, 0.15) is 6.04 Å². The van der Waals surface area contributed by atoms with Crippen molar-refractivity contribution in [3.8, 4) is 17.2 Å². The largest absolute Gasteiger partial charge is 0.502 e. The number of hydrogen-bond donors (Lipinski definition) is 2. The predicted molar refractivity (Wildman–Crippen MR) is 58.9 cm³/mol. The Kier molecular flexibility index (Phi) is 4.28. The Morgan fingerprint density at radius 1 is 1.22 bits per heavy atom. The Balaban J connectivity index is 3.03. The Morgan fingerprint density at radius 2 is 1.67 bits per heavy atom. The molecule has 0 aliphatic rings. The van der Waals surface area contributed by atoms with E-state index in [9.17, 15) is 18.3 Å². The molecule has 0 aliphatic carbocycles. The van der Waals surface area contributed by atoms with E-state index in [-0.39, 0.29) is 22.8 Å². The van der Waals surface area contributed by atoms with Gasteiger partial charge in [0.05, 0.1) is 14.2 Å². The summed E-state index contributed by atoms with van der Waals surface area (Å²) >= 11 is 0. The van der Waals surface area contributed by atoms with Gasteiger partial charge in [-0.1, -0.05) is 0 Å². The highest BCUT2D eigenvalue weighted by atomic mass is 19.4. The lowest BCUT2D eigenvalue weighted by molar-refractivity contribution is -0.147. The Bertz CT molecular complexity index is 395. The van der Waals surface area contributed by atoms with Crippen molar-refractivity contribution in [1.29, 1.82) is 0 Å². The quantitative estimate of drug-likeness (QED) is 0.871. The molecule has 7 heteroatoms. The van der Waals surface area contributed by atoms with E-state index in [1.807, 2.05) is 0 Å². The van der Waals surface area contributed by atoms with Crippen LogP contribution in [0.5, 0.6) is 17.2 Å². The summed E-state index contributed by atoms with van der Waals surface area (Å²) in [7, 11) is 2.59. The third kappa shape index (κ3) is 3.19. The van der Waals surface area contributed by atoms with Gasteiger partial charge < -0.3 is 20.3 Å². The summed E-state index contributed by atoms with van der Waals surface area (Å²) in [4.78, 5) is 0. The SMILES string of the molecule is COc1cc(CC(N)C(F)(F)F)cc(OC)c1O. The van der Waals surface area contributed by atoms with Crippen molar-refractivity contribution in [1.82, 2.24) is 0 Å².